The molecule has 0 aliphatic heterocycles. The molecule has 1 aromatic carbocycles. The summed E-state index contributed by atoms with van der Waals surface area (Å²) in [7, 11) is 0. The smallest absolute Gasteiger partial charge is 0.0316 e. The lowest BCUT2D eigenvalue weighted by Crippen LogP contribution is -2.22. The fourth-order valence-corrected chi connectivity index (χ4v) is 1.94. The van der Waals surface area contributed by atoms with Gasteiger partial charge in [0.05, 0.1) is 0 Å². The van der Waals surface area contributed by atoms with Crippen LogP contribution in [0.25, 0.3) is 0 Å². The Hall–Kier alpha value is -1.42. The van der Waals surface area contributed by atoms with E-state index < -0.39 is 0 Å². The van der Waals surface area contributed by atoms with Gasteiger partial charge in [0.1, 0.15) is 0 Å². The van der Waals surface area contributed by atoms with Crippen molar-refractivity contribution in [1.82, 2.24) is 0 Å². The topological polar surface area (TPSA) is 101 Å². The number of hydrogen-bond donors (Lipinski definition) is 4. The molecule has 1 saturated carbocycles. The Balaban J connectivity index is 0.000000531. The van der Waals surface area contributed by atoms with E-state index in [2.05, 4.69) is 18.5 Å². The van der Waals surface area contributed by atoms with Crippen LogP contribution < -0.4 is 17.0 Å². The highest BCUT2D eigenvalue weighted by Crippen LogP contribution is 2.51. The van der Waals surface area contributed by atoms with Gasteiger partial charge in [-0.2, -0.15) is 5.53 Å². The van der Waals surface area contributed by atoms with Gasteiger partial charge in [-0.3, -0.25) is 0 Å². The maximum Gasteiger partial charge on any atom is 0.0316 e. The molecular weight excluding hydrogens is 188 g/mol. The van der Waals surface area contributed by atoms with E-state index >= 15 is 0 Å². The molecule has 0 heterocycles. The highest BCUT2D eigenvalue weighted by Gasteiger charge is 2.49. The molecule has 0 unspecified atom stereocenters. The second-order valence-corrected chi connectivity index (χ2v) is 4.01. The second kappa shape index (κ2) is 4.40. The summed E-state index contributed by atoms with van der Waals surface area (Å²) < 4.78 is 0. The van der Waals surface area contributed by atoms with Gasteiger partial charge in [0.2, 0.25) is 0 Å². The summed E-state index contributed by atoms with van der Waals surface area (Å²) in [6.07, 6.45) is 2.15. The van der Waals surface area contributed by atoms with Crippen LogP contribution in [0.5, 0.6) is 0 Å². The first kappa shape index (κ1) is 11.7. The molecule has 4 nitrogen and oxygen atoms in total. The molecule has 0 spiro atoms. The number of rotatable bonds is 2. The Labute approximate surface area is 90.0 Å². The SMILES string of the molecule is CC[C@]1(N)C[C@@H]1c1cccc(N)c1.N=[NH2+]. The van der Waals surface area contributed by atoms with Crippen molar-refractivity contribution in [3.05, 3.63) is 29.8 Å². The van der Waals surface area contributed by atoms with Gasteiger partial charge in [-0.25, -0.2) is 0 Å². The molecule has 0 amide bonds. The molecule has 82 valence electrons. The minimum atomic E-state index is 0.0494. The molecule has 0 bridgehead atoms. The van der Waals surface area contributed by atoms with Crippen molar-refractivity contribution >= 4 is 5.69 Å². The minimum Gasteiger partial charge on any atom is -0.399 e. The van der Waals surface area contributed by atoms with E-state index in [1.165, 1.54) is 5.56 Å². The first-order chi connectivity index (χ1) is 7.15. The van der Waals surface area contributed by atoms with E-state index in [1.807, 2.05) is 18.2 Å². The van der Waals surface area contributed by atoms with E-state index in [1.54, 1.807) is 0 Å². The fourth-order valence-electron chi connectivity index (χ4n) is 1.94. The van der Waals surface area contributed by atoms with Crippen molar-refractivity contribution in [3.63, 3.8) is 0 Å². The van der Waals surface area contributed by atoms with E-state index in [0.717, 1.165) is 18.5 Å². The summed E-state index contributed by atoms with van der Waals surface area (Å²) >= 11 is 0. The Morgan fingerprint density at radius 2 is 2.20 bits per heavy atom. The number of benzene rings is 1. The number of nitrogens with two attached hydrogens (primary N) is 3. The van der Waals surface area contributed by atoms with Gasteiger partial charge in [-0.15, -0.1) is 0 Å². The van der Waals surface area contributed by atoms with E-state index in [-0.39, 0.29) is 5.54 Å². The number of nitrogens with one attached hydrogen (secondary N) is 1. The summed E-state index contributed by atoms with van der Waals surface area (Å²) in [5, 5.41) is 0. The summed E-state index contributed by atoms with van der Waals surface area (Å²) in [4.78, 5) is 0. The normalized spacial score (nSPS) is 27.7. The van der Waals surface area contributed by atoms with Crippen LogP contribution in [0, 0.1) is 5.53 Å². The van der Waals surface area contributed by atoms with Gasteiger partial charge in [0.25, 0.3) is 0 Å². The van der Waals surface area contributed by atoms with Crippen LogP contribution in [0.1, 0.15) is 31.2 Å². The van der Waals surface area contributed by atoms with Gasteiger partial charge in [-0.1, -0.05) is 24.6 Å². The van der Waals surface area contributed by atoms with E-state index in [0.29, 0.717) is 5.92 Å². The zero-order valence-corrected chi connectivity index (χ0v) is 9.03. The average Bonchev–Trinajstić information content (AvgIpc) is 2.95. The van der Waals surface area contributed by atoms with Crippen LogP contribution >= 0.6 is 0 Å². The molecule has 0 radical (unpaired) electrons. The molecule has 0 saturated heterocycles. The third kappa shape index (κ3) is 2.33. The maximum atomic E-state index is 6.13. The highest BCUT2D eigenvalue weighted by molar-refractivity contribution is 5.45. The lowest BCUT2D eigenvalue weighted by molar-refractivity contribution is -0.249. The molecular formula is C11H19N4+. The lowest BCUT2D eigenvalue weighted by atomic mass is 10.0. The first-order valence-corrected chi connectivity index (χ1v) is 5.09. The van der Waals surface area contributed by atoms with Crippen molar-refractivity contribution in [1.29, 1.82) is 5.53 Å². The van der Waals surface area contributed by atoms with Crippen LogP contribution in [0.3, 0.4) is 0 Å². The zero-order valence-electron chi connectivity index (χ0n) is 9.03. The molecule has 4 heteroatoms. The summed E-state index contributed by atoms with van der Waals surface area (Å²) in [6.45, 7) is 2.15. The molecule has 1 aliphatic rings. The predicted molar refractivity (Wildman–Crippen MR) is 60.1 cm³/mol. The average molecular weight is 207 g/mol. The Morgan fingerprint density at radius 1 is 1.53 bits per heavy atom. The number of nitrogen functional groups attached to an aromatic ring is 1. The molecule has 7 N–H and O–H groups in total. The Morgan fingerprint density at radius 3 is 2.67 bits per heavy atom. The number of hydrogen-bond acceptors (Lipinski definition) is 3. The largest absolute Gasteiger partial charge is 0.399 e. The van der Waals surface area contributed by atoms with E-state index in [4.69, 9.17) is 17.0 Å². The lowest BCUT2D eigenvalue weighted by Gasteiger charge is -2.07. The van der Waals surface area contributed by atoms with Gasteiger partial charge in [0, 0.05) is 17.1 Å². The Kier molecular flexibility index (Phi) is 3.42. The third-order valence-electron chi connectivity index (χ3n) is 3.09. The summed E-state index contributed by atoms with van der Waals surface area (Å²) in [5.74, 6) is 0.529. The van der Waals surface area contributed by atoms with Crippen molar-refractivity contribution in [3.8, 4) is 0 Å². The van der Waals surface area contributed by atoms with Crippen LogP contribution in [-0.4, -0.2) is 5.54 Å². The second-order valence-electron chi connectivity index (χ2n) is 4.01. The zero-order chi connectivity index (χ0) is 11.5. The molecule has 15 heavy (non-hydrogen) atoms. The first-order valence-electron chi connectivity index (χ1n) is 5.09. The maximum absolute atomic E-state index is 6.13. The van der Waals surface area contributed by atoms with E-state index in [9.17, 15) is 0 Å². The molecule has 2 atom stereocenters. The number of anilines is 1. The highest BCUT2D eigenvalue weighted by atomic mass is 14.9. The summed E-state index contributed by atoms with van der Waals surface area (Å²) in [5.41, 5.74) is 23.0. The van der Waals surface area contributed by atoms with Gasteiger partial charge >= 0.3 is 0 Å². The quantitative estimate of drug-likeness (QED) is 0.422. The van der Waals surface area contributed by atoms with Crippen molar-refractivity contribution in [2.24, 2.45) is 5.73 Å². The Bertz CT molecular complexity index is 339. The molecule has 1 aromatic rings. The third-order valence-corrected chi connectivity index (χ3v) is 3.09. The summed E-state index contributed by atoms with van der Waals surface area (Å²) in [6, 6.07) is 8.06. The molecule has 2 rings (SSSR count). The molecule has 1 aliphatic carbocycles. The monoisotopic (exact) mass is 207 g/mol. The van der Waals surface area contributed by atoms with Gasteiger partial charge in [-0.05, 0) is 30.5 Å². The standard InChI is InChI=1S/C11H16N2.H2N2/c1-2-11(13)7-10(11)8-4-3-5-9(12)6-8;1-2/h3-6,10H,2,7,12-13H2,1H3;1-2H/p+1/t10-,11+;/m1./s1. The van der Waals surface area contributed by atoms with Crippen molar-refractivity contribution < 1.29 is 5.53 Å². The fraction of sp³-hybridized carbons (Fsp3) is 0.455. The van der Waals surface area contributed by atoms with Crippen LogP contribution in [0.2, 0.25) is 0 Å². The molecule has 0 aromatic heterocycles. The van der Waals surface area contributed by atoms with Crippen LogP contribution in [-0.2, 0) is 0 Å². The molecule has 1 fully saturated rings. The van der Waals surface area contributed by atoms with Crippen molar-refractivity contribution in [2.45, 2.75) is 31.2 Å². The predicted octanol–water partition coefficient (Wildman–Crippen LogP) is 0.640. The van der Waals surface area contributed by atoms with Crippen LogP contribution in [0.15, 0.2) is 24.3 Å². The minimum absolute atomic E-state index is 0.0494. The van der Waals surface area contributed by atoms with Gasteiger partial charge < -0.3 is 11.5 Å². The van der Waals surface area contributed by atoms with Crippen molar-refractivity contribution in [2.75, 3.05) is 5.73 Å². The van der Waals surface area contributed by atoms with Crippen LogP contribution in [0.4, 0.5) is 5.69 Å². The van der Waals surface area contributed by atoms with Gasteiger partial charge in [0.15, 0.2) is 0 Å².